The molecule has 0 spiro atoms. The fourth-order valence-electron chi connectivity index (χ4n) is 0.790. The first-order chi connectivity index (χ1) is 4.61. The fourth-order valence-corrected chi connectivity index (χ4v) is 0.790. The molecule has 10 heavy (non-hydrogen) atoms. The van der Waals surface area contributed by atoms with E-state index in [0.717, 1.165) is 17.0 Å². The standard InChI is InChI=1S/C7H10N2O/c1-4-5(2)8-7(10)9-6(4)3/h1-3H3,(H,8,9,10). The van der Waals surface area contributed by atoms with Crippen molar-refractivity contribution in [1.29, 1.82) is 0 Å². The fraction of sp³-hybridized carbons (Fsp3) is 0.429. The van der Waals surface area contributed by atoms with E-state index in [0.29, 0.717) is 0 Å². The minimum atomic E-state index is -0.263. The van der Waals surface area contributed by atoms with Crippen LogP contribution in [-0.4, -0.2) is 9.97 Å². The van der Waals surface area contributed by atoms with Crippen molar-refractivity contribution in [2.45, 2.75) is 20.8 Å². The van der Waals surface area contributed by atoms with Crippen molar-refractivity contribution in [3.8, 4) is 0 Å². The highest BCUT2D eigenvalue weighted by Crippen LogP contribution is 2.01. The van der Waals surface area contributed by atoms with Crippen LogP contribution in [0.4, 0.5) is 0 Å². The molecule has 0 aliphatic rings. The van der Waals surface area contributed by atoms with Crippen LogP contribution in [0.25, 0.3) is 0 Å². The van der Waals surface area contributed by atoms with E-state index < -0.39 is 0 Å². The van der Waals surface area contributed by atoms with Gasteiger partial charge in [-0.2, -0.15) is 4.98 Å². The Morgan fingerprint density at radius 1 is 1.30 bits per heavy atom. The van der Waals surface area contributed by atoms with Crippen molar-refractivity contribution in [1.82, 2.24) is 9.97 Å². The van der Waals surface area contributed by atoms with Gasteiger partial charge >= 0.3 is 5.69 Å². The summed E-state index contributed by atoms with van der Waals surface area (Å²) >= 11 is 0. The molecule has 0 atom stereocenters. The zero-order chi connectivity index (χ0) is 7.72. The van der Waals surface area contributed by atoms with Crippen LogP contribution in [0.3, 0.4) is 0 Å². The molecule has 3 nitrogen and oxygen atoms in total. The van der Waals surface area contributed by atoms with Gasteiger partial charge in [0.2, 0.25) is 0 Å². The second kappa shape index (κ2) is 2.25. The first-order valence-electron chi connectivity index (χ1n) is 3.15. The van der Waals surface area contributed by atoms with Crippen molar-refractivity contribution in [3.63, 3.8) is 0 Å². The van der Waals surface area contributed by atoms with E-state index in [1.54, 1.807) is 0 Å². The molecule has 0 aliphatic carbocycles. The predicted molar refractivity (Wildman–Crippen MR) is 39.1 cm³/mol. The molecular formula is C7H10N2O. The highest BCUT2D eigenvalue weighted by molar-refractivity contribution is 5.19. The summed E-state index contributed by atoms with van der Waals surface area (Å²) in [4.78, 5) is 17.0. The number of aryl methyl sites for hydroxylation is 2. The summed E-state index contributed by atoms with van der Waals surface area (Å²) in [5, 5.41) is 0. The number of aromatic nitrogens is 2. The molecule has 0 fully saturated rings. The SMILES string of the molecule is Cc1nc(=O)[nH]c(C)c1C. The summed E-state index contributed by atoms with van der Waals surface area (Å²) in [6, 6.07) is 0. The second-order valence-corrected chi connectivity index (χ2v) is 2.38. The Morgan fingerprint density at radius 2 is 1.90 bits per heavy atom. The molecule has 0 saturated carbocycles. The molecule has 0 saturated heterocycles. The maximum absolute atomic E-state index is 10.7. The lowest BCUT2D eigenvalue weighted by Crippen LogP contribution is -2.14. The molecule has 0 aliphatic heterocycles. The number of aromatic amines is 1. The van der Waals surface area contributed by atoms with Crippen LogP contribution in [0.2, 0.25) is 0 Å². The summed E-state index contributed by atoms with van der Waals surface area (Å²) in [6.07, 6.45) is 0. The predicted octanol–water partition coefficient (Wildman–Crippen LogP) is 0.695. The van der Waals surface area contributed by atoms with Crippen molar-refractivity contribution in [2.24, 2.45) is 0 Å². The van der Waals surface area contributed by atoms with Gasteiger partial charge < -0.3 is 4.98 Å². The topological polar surface area (TPSA) is 45.8 Å². The number of H-pyrrole nitrogens is 1. The lowest BCUT2D eigenvalue weighted by molar-refractivity contribution is 0.957. The van der Waals surface area contributed by atoms with Crippen LogP contribution in [0.5, 0.6) is 0 Å². The van der Waals surface area contributed by atoms with Crippen LogP contribution in [0.1, 0.15) is 17.0 Å². The molecule has 0 radical (unpaired) electrons. The van der Waals surface area contributed by atoms with E-state index >= 15 is 0 Å². The zero-order valence-corrected chi connectivity index (χ0v) is 6.36. The highest BCUT2D eigenvalue weighted by atomic mass is 16.1. The Kier molecular flexibility index (Phi) is 1.57. The number of hydrogen-bond donors (Lipinski definition) is 1. The van der Waals surface area contributed by atoms with Gasteiger partial charge in [-0.05, 0) is 26.3 Å². The maximum atomic E-state index is 10.7. The van der Waals surface area contributed by atoms with Crippen LogP contribution in [0, 0.1) is 20.8 Å². The summed E-state index contributed by atoms with van der Waals surface area (Å²) in [5.41, 5.74) is 2.50. The quantitative estimate of drug-likeness (QED) is 0.573. The van der Waals surface area contributed by atoms with E-state index in [4.69, 9.17) is 0 Å². The van der Waals surface area contributed by atoms with E-state index in [1.165, 1.54) is 0 Å². The van der Waals surface area contributed by atoms with Crippen molar-refractivity contribution in [2.75, 3.05) is 0 Å². The van der Waals surface area contributed by atoms with Gasteiger partial charge in [-0.15, -0.1) is 0 Å². The van der Waals surface area contributed by atoms with E-state index in [2.05, 4.69) is 9.97 Å². The van der Waals surface area contributed by atoms with Crippen molar-refractivity contribution in [3.05, 3.63) is 27.4 Å². The zero-order valence-electron chi connectivity index (χ0n) is 6.36. The minimum Gasteiger partial charge on any atom is -0.310 e. The van der Waals surface area contributed by atoms with E-state index in [-0.39, 0.29) is 5.69 Å². The number of nitrogens with one attached hydrogen (secondary N) is 1. The van der Waals surface area contributed by atoms with Crippen LogP contribution in [-0.2, 0) is 0 Å². The van der Waals surface area contributed by atoms with Crippen LogP contribution in [0.15, 0.2) is 4.79 Å². The molecule has 1 heterocycles. The molecule has 1 N–H and O–H groups in total. The van der Waals surface area contributed by atoms with Crippen LogP contribution < -0.4 is 5.69 Å². The average molecular weight is 138 g/mol. The monoisotopic (exact) mass is 138 g/mol. The third kappa shape index (κ3) is 1.07. The van der Waals surface area contributed by atoms with Gasteiger partial charge in [-0.3, -0.25) is 0 Å². The molecule has 0 bridgehead atoms. The van der Waals surface area contributed by atoms with Crippen LogP contribution >= 0.6 is 0 Å². The highest BCUT2D eigenvalue weighted by Gasteiger charge is 1.97. The van der Waals surface area contributed by atoms with Crippen molar-refractivity contribution < 1.29 is 0 Å². The normalized spacial score (nSPS) is 9.90. The summed E-state index contributed by atoms with van der Waals surface area (Å²) < 4.78 is 0. The molecule has 1 rings (SSSR count). The van der Waals surface area contributed by atoms with Gasteiger partial charge in [0.25, 0.3) is 0 Å². The Hall–Kier alpha value is -1.12. The molecular weight excluding hydrogens is 128 g/mol. The molecule has 1 aromatic heterocycles. The van der Waals surface area contributed by atoms with Gasteiger partial charge in [-0.25, -0.2) is 4.79 Å². The Balaban J connectivity index is 3.46. The van der Waals surface area contributed by atoms with E-state index in [1.807, 2.05) is 20.8 Å². The van der Waals surface area contributed by atoms with Crippen molar-refractivity contribution >= 4 is 0 Å². The molecule has 54 valence electrons. The summed E-state index contributed by atoms with van der Waals surface area (Å²) in [6.45, 7) is 5.64. The smallest absolute Gasteiger partial charge is 0.310 e. The molecule has 1 aromatic rings. The Labute approximate surface area is 59.1 Å². The summed E-state index contributed by atoms with van der Waals surface area (Å²) in [5.74, 6) is 0. The first-order valence-corrected chi connectivity index (χ1v) is 3.15. The molecule has 0 amide bonds. The van der Waals surface area contributed by atoms with Gasteiger partial charge in [0.15, 0.2) is 0 Å². The lowest BCUT2D eigenvalue weighted by atomic mass is 10.2. The maximum Gasteiger partial charge on any atom is 0.345 e. The van der Waals surface area contributed by atoms with Gasteiger partial charge in [0.1, 0.15) is 0 Å². The second-order valence-electron chi connectivity index (χ2n) is 2.38. The third-order valence-electron chi connectivity index (χ3n) is 1.67. The number of rotatable bonds is 0. The molecule has 3 heteroatoms. The van der Waals surface area contributed by atoms with Gasteiger partial charge in [-0.1, -0.05) is 0 Å². The Bertz CT molecular complexity index is 275. The summed E-state index contributed by atoms with van der Waals surface area (Å²) in [7, 11) is 0. The lowest BCUT2D eigenvalue weighted by Gasteiger charge is -1.99. The minimum absolute atomic E-state index is 0.263. The number of nitrogens with zero attached hydrogens (tertiary/aromatic N) is 1. The number of hydrogen-bond acceptors (Lipinski definition) is 2. The molecule has 0 aromatic carbocycles. The van der Waals surface area contributed by atoms with E-state index in [9.17, 15) is 4.79 Å². The first kappa shape index (κ1) is 6.99. The largest absolute Gasteiger partial charge is 0.345 e. The van der Waals surface area contributed by atoms with Gasteiger partial charge in [0.05, 0.1) is 0 Å². The third-order valence-corrected chi connectivity index (χ3v) is 1.67. The average Bonchev–Trinajstić information content (AvgIpc) is 1.82. The Morgan fingerprint density at radius 3 is 2.40 bits per heavy atom. The van der Waals surface area contributed by atoms with Gasteiger partial charge in [0, 0.05) is 11.4 Å². The molecule has 0 unspecified atom stereocenters.